The van der Waals surface area contributed by atoms with E-state index >= 15 is 0 Å². The minimum atomic E-state index is 0.559. The molecule has 4 rings (SSSR count). The Hall–Kier alpha value is -3.62. The number of anilines is 1. The molecule has 2 heterocycles. The summed E-state index contributed by atoms with van der Waals surface area (Å²) in [5.74, 6) is 1.44. The molecule has 0 saturated carbocycles. The van der Waals surface area contributed by atoms with E-state index in [4.69, 9.17) is 4.74 Å². The summed E-state index contributed by atoms with van der Waals surface area (Å²) in [7, 11) is 0. The largest absolute Gasteiger partial charge is 0.462 e. The molecule has 1 aliphatic rings. The van der Waals surface area contributed by atoms with E-state index in [2.05, 4.69) is 54.1 Å². The van der Waals surface area contributed by atoms with E-state index in [1.807, 2.05) is 55.5 Å². The fourth-order valence-electron chi connectivity index (χ4n) is 3.66. The lowest BCUT2D eigenvalue weighted by molar-refractivity contribution is 0.318. The van der Waals surface area contributed by atoms with Crippen molar-refractivity contribution in [2.75, 3.05) is 18.0 Å². The van der Waals surface area contributed by atoms with Gasteiger partial charge in [-0.05, 0) is 68.8 Å². The Kier molecular flexibility index (Phi) is 6.53. The van der Waals surface area contributed by atoms with Crippen molar-refractivity contribution in [3.8, 4) is 6.07 Å². The number of nitrogens with zero attached hydrogens (tertiary/aromatic N) is 3. The molecule has 0 bridgehead atoms. The zero-order chi connectivity index (χ0) is 22.5. The van der Waals surface area contributed by atoms with Crippen LogP contribution in [0.2, 0.25) is 0 Å². The van der Waals surface area contributed by atoms with Gasteiger partial charge in [-0.3, -0.25) is 0 Å². The van der Waals surface area contributed by atoms with Crippen LogP contribution in [0, 0.1) is 11.3 Å². The molecule has 4 nitrogen and oxygen atoms in total. The maximum Gasteiger partial charge on any atom is 0.135 e. The number of rotatable bonds is 6. The summed E-state index contributed by atoms with van der Waals surface area (Å²) < 4.78 is 6.96. The summed E-state index contributed by atoms with van der Waals surface area (Å²) in [5, 5.41) is 10.6. The van der Waals surface area contributed by atoms with Crippen molar-refractivity contribution in [3.05, 3.63) is 94.4 Å². The molecule has 0 radical (unpaired) electrons. The normalized spacial score (nSPS) is 15.2. The number of nitriles is 1. The van der Waals surface area contributed by atoms with E-state index < -0.39 is 0 Å². The molecule has 1 aliphatic heterocycles. The maximum absolute atomic E-state index is 9.89. The number of thiazole rings is 1. The van der Waals surface area contributed by atoms with Gasteiger partial charge in [0.15, 0.2) is 0 Å². The summed E-state index contributed by atoms with van der Waals surface area (Å²) in [6.07, 6.45) is 7.76. The molecule has 1 aromatic heterocycles. The summed E-state index contributed by atoms with van der Waals surface area (Å²) in [5.41, 5.74) is 4.59. The zero-order valence-corrected chi connectivity index (χ0v) is 19.3. The van der Waals surface area contributed by atoms with E-state index in [1.54, 1.807) is 0 Å². The van der Waals surface area contributed by atoms with E-state index in [0.29, 0.717) is 11.3 Å². The fraction of sp³-hybridized carbons (Fsp3) is 0.185. The van der Waals surface area contributed by atoms with Crippen LogP contribution in [0.15, 0.2) is 83.9 Å². The first-order valence-corrected chi connectivity index (χ1v) is 11.5. The minimum Gasteiger partial charge on any atom is -0.462 e. The molecular weight excluding hydrogens is 414 g/mol. The first-order valence-electron chi connectivity index (χ1n) is 10.7. The smallest absolute Gasteiger partial charge is 0.135 e. The molecule has 5 heteroatoms. The van der Waals surface area contributed by atoms with Crippen molar-refractivity contribution in [1.82, 2.24) is 4.98 Å². The number of benzene rings is 2. The summed E-state index contributed by atoms with van der Waals surface area (Å²) in [4.78, 5) is 6.97. The van der Waals surface area contributed by atoms with E-state index in [0.717, 1.165) is 45.2 Å². The molecule has 0 fully saturated rings. The first-order chi connectivity index (χ1) is 15.6. The Morgan fingerprint density at radius 2 is 1.81 bits per heavy atom. The number of aromatic nitrogens is 1. The highest BCUT2D eigenvalue weighted by Gasteiger charge is 2.15. The van der Waals surface area contributed by atoms with Gasteiger partial charge in [-0.25, -0.2) is 4.98 Å². The lowest BCUT2D eigenvalue weighted by Gasteiger charge is -2.20. The number of fused-ring (bicyclic) bond motifs is 1. The SMILES string of the molecule is CCN(CC)c1ccc(/C=C/C2=CC(=C(\C#N)c3nc4ccccc4s3)/C=C(C)O2)cc1. The van der Waals surface area contributed by atoms with E-state index in [1.165, 1.54) is 17.0 Å². The third-order valence-electron chi connectivity index (χ3n) is 5.31. The number of allylic oxidation sites excluding steroid dienone is 6. The molecule has 0 amide bonds. The monoisotopic (exact) mass is 439 g/mol. The highest BCUT2D eigenvalue weighted by atomic mass is 32.1. The topological polar surface area (TPSA) is 49.2 Å². The minimum absolute atomic E-state index is 0.559. The standard InChI is InChI=1S/C27H25N3OS/c1-4-30(5-2)22-13-10-20(11-14-22)12-15-23-17-21(16-19(3)31-23)24(18-28)27-29-25-8-6-7-9-26(25)32-27/h6-17H,4-5H2,1-3H3/b15-12+,24-21+. The maximum atomic E-state index is 9.89. The molecule has 160 valence electrons. The number of hydrogen-bond donors (Lipinski definition) is 0. The second-order valence-corrected chi connectivity index (χ2v) is 8.46. The van der Waals surface area contributed by atoms with Crippen LogP contribution in [0.1, 0.15) is 31.3 Å². The average Bonchev–Trinajstić information content (AvgIpc) is 3.23. The van der Waals surface area contributed by atoms with E-state index in [9.17, 15) is 5.26 Å². The van der Waals surface area contributed by atoms with Crippen LogP contribution in [-0.4, -0.2) is 18.1 Å². The summed E-state index contributed by atoms with van der Waals surface area (Å²) in [6.45, 7) is 8.20. The van der Waals surface area contributed by atoms with Gasteiger partial charge < -0.3 is 9.64 Å². The van der Waals surface area contributed by atoms with Crippen molar-refractivity contribution in [2.45, 2.75) is 20.8 Å². The molecule has 0 spiro atoms. The molecule has 3 aromatic rings. The molecule has 0 saturated heterocycles. The number of para-hydroxylation sites is 1. The molecule has 0 atom stereocenters. The number of hydrogen-bond acceptors (Lipinski definition) is 5. The Morgan fingerprint density at radius 1 is 1.06 bits per heavy atom. The predicted molar refractivity (Wildman–Crippen MR) is 134 cm³/mol. The molecule has 32 heavy (non-hydrogen) atoms. The van der Waals surface area contributed by atoms with Gasteiger partial charge in [0.25, 0.3) is 0 Å². The van der Waals surface area contributed by atoms with Crippen molar-refractivity contribution < 1.29 is 4.74 Å². The molecule has 0 aliphatic carbocycles. The first kappa shape index (κ1) is 21.6. The van der Waals surface area contributed by atoms with Gasteiger partial charge in [0, 0.05) is 24.4 Å². The van der Waals surface area contributed by atoms with Gasteiger partial charge in [0.05, 0.1) is 15.8 Å². The molecular formula is C27H25N3OS. The van der Waals surface area contributed by atoms with E-state index in [-0.39, 0.29) is 0 Å². The van der Waals surface area contributed by atoms with Gasteiger partial charge in [0.1, 0.15) is 22.6 Å². The van der Waals surface area contributed by atoms with Crippen LogP contribution in [-0.2, 0) is 4.74 Å². The van der Waals surface area contributed by atoms with Gasteiger partial charge >= 0.3 is 0 Å². The average molecular weight is 440 g/mol. The van der Waals surface area contributed by atoms with Gasteiger partial charge in [-0.15, -0.1) is 11.3 Å². The highest BCUT2D eigenvalue weighted by Crippen LogP contribution is 2.32. The predicted octanol–water partition coefficient (Wildman–Crippen LogP) is 6.95. The third kappa shape index (κ3) is 4.66. The molecule has 0 N–H and O–H groups in total. The second kappa shape index (κ2) is 9.67. The van der Waals surface area contributed by atoms with Crippen LogP contribution < -0.4 is 4.90 Å². The van der Waals surface area contributed by atoms with Crippen molar-refractivity contribution >= 4 is 38.9 Å². The lowest BCUT2D eigenvalue weighted by Crippen LogP contribution is -2.21. The Morgan fingerprint density at radius 3 is 2.50 bits per heavy atom. The van der Waals surface area contributed by atoms with Gasteiger partial charge in [-0.1, -0.05) is 30.3 Å². The van der Waals surface area contributed by atoms with Crippen LogP contribution in [0.3, 0.4) is 0 Å². The lowest BCUT2D eigenvalue weighted by atomic mass is 10.1. The summed E-state index contributed by atoms with van der Waals surface area (Å²) >= 11 is 1.53. The molecule has 2 aromatic carbocycles. The Bertz CT molecular complexity index is 1250. The van der Waals surface area contributed by atoms with Crippen LogP contribution in [0.4, 0.5) is 5.69 Å². The van der Waals surface area contributed by atoms with Crippen LogP contribution in [0.5, 0.6) is 0 Å². The van der Waals surface area contributed by atoms with Crippen molar-refractivity contribution in [3.63, 3.8) is 0 Å². The van der Waals surface area contributed by atoms with Crippen LogP contribution >= 0.6 is 11.3 Å². The Balaban J connectivity index is 1.62. The van der Waals surface area contributed by atoms with Crippen molar-refractivity contribution in [2.24, 2.45) is 0 Å². The number of ether oxygens (including phenoxy) is 1. The quantitative estimate of drug-likeness (QED) is 0.390. The highest BCUT2D eigenvalue weighted by molar-refractivity contribution is 7.19. The van der Waals surface area contributed by atoms with Crippen LogP contribution in [0.25, 0.3) is 21.9 Å². The summed E-state index contributed by atoms with van der Waals surface area (Å²) in [6, 6.07) is 18.8. The molecule has 0 unspecified atom stereocenters. The third-order valence-corrected chi connectivity index (χ3v) is 6.36. The Labute approximate surface area is 193 Å². The zero-order valence-electron chi connectivity index (χ0n) is 18.5. The fourth-order valence-corrected chi connectivity index (χ4v) is 4.65. The van der Waals surface area contributed by atoms with Gasteiger partial charge in [0.2, 0.25) is 0 Å². The second-order valence-electron chi connectivity index (χ2n) is 7.43. The van der Waals surface area contributed by atoms with Gasteiger partial charge in [-0.2, -0.15) is 5.26 Å². The van der Waals surface area contributed by atoms with Crippen molar-refractivity contribution in [1.29, 1.82) is 5.26 Å².